The minimum Gasteiger partial charge on any atom is -0.341 e. The van der Waals surface area contributed by atoms with Crippen LogP contribution >= 0.6 is 0 Å². The molecule has 0 unspecified atom stereocenters. The molecule has 0 atom stereocenters. The normalized spacial score (nSPS) is 10.8. The third-order valence-corrected chi connectivity index (χ3v) is 4.77. The van der Waals surface area contributed by atoms with E-state index in [0.717, 1.165) is 46.6 Å². The second kappa shape index (κ2) is 7.64. The van der Waals surface area contributed by atoms with Crippen LogP contribution in [0.25, 0.3) is 16.7 Å². The van der Waals surface area contributed by atoms with Crippen LogP contribution in [0.1, 0.15) is 31.4 Å². The van der Waals surface area contributed by atoms with Crippen molar-refractivity contribution in [2.24, 2.45) is 0 Å². The predicted octanol–water partition coefficient (Wildman–Crippen LogP) is 5.01. The lowest BCUT2D eigenvalue weighted by atomic mass is 10.1. The number of nitriles is 1. The number of carbonyl (C=O) groups is 1. The molecule has 0 radical (unpaired) electrons. The molecule has 144 valence electrons. The Morgan fingerprint density at radius 2 is 1.86 bits per heavy atom. The van der Waals surface area contributed by atoms with Crippen LogP contribution in [0.5, 0.6) is 0 Å². The van der Waals surface area contributed by atoms with Gasteiger partial charge in [-0.3, -0.25) is 9.20 Å². The zero-order chi connectivity index (χ0) is 20.4. The maximum atomic E-state index is 11.2. The molecule has 2 N–H and O–H groups in total. The number of para-hydroxylation sites is 2. The molecule has 2 heterocycles. The number of carbonyl (C=O) groups excluding carboxylic acids is 1. The Kier molecular flexibility index (Phi) is 4.88. The molecule has 6 heteroatoms. The van der Waals surface area contributed by atoms with Crippen LogP contribution < -0.4 is 10.6 Å². The fourth-order valence-corrected chi connectivity index (χ4v) is 3.55. The van der Waals surface area contributed by atoms with E-state index in [1.54, 1.807) is 0 Å². The van der Waals surface area contributed by atoms with Crippen molar-refractivity contribution in [3.63, 3.8) is 0 Å². The van der Waals surface area contributed by atoms with Crippen molar-refractivity contribution in [1.29, 1.82) is 5.26 Å². The molecule has 4 aromatic rings. The van der Waals surface area contributed by atoms with Crippen LogP contribution in [0.2, 0.25) is 0 Å². The molecule has 6 nitrogen and oxygen atoms in total. The lowest BCUT2D eigenvalue weighted by Gasteiger charge is -2.14. The summed E-state index contributed by atoms with van der Waals surface area (Å²) >= 11 is 0. The topological polar surface area (TPSA) is 82.2 Å². The first-order valence-electron chi connectivity index (χ1n) is 9.58. The highest BCUT2D eigenvalue weighted by Crippen LogP contribution is 2.29. The highest BCUT2D eigenvalue weighted by molar-refractivity contribution is 5.89. The van der Waals surface area contributed by atoms with Gasteiger partial charge in [0.2, 0.25) is 5.91 Å². The van der Waals surface area contributed by atoms with Gasteiger partial charge in [0.25, 0.3) is 0 Å². The average molecular weight is 383 g/mol. The van der Waals surface area contributed by atoms with Gasteiger partial charge >= 0.3 is 0 Å². The minimum absolute atomic E-state index is 0.103. The van der Waals surface area contributed by atoms with Crippen LogP contribution in [-0.2, 0) is 11.2 Å². The van der Waals surface area contributed by atoms with Gasteiger partial charge in [0, 0.05) is 18.3 Å². The number of benzene rings is 2. The van der Waals surface area contributed by atoms with Crippen molar-refractivity contribution in [2.75, 3.05) is 10.6 Å². The Morgan fingerprint density at radius 3 is 2.55 bits per heavy atom. The van der Waals surface area contributed by atoms with Crippen molar-refractivity contribution in [1.82, 2.24) is 9.38 Å². The van der Waals surface area contributed by atoms with Gasteiger partial charge in [0.15, 0.2) is 5.65 Å². The third-order valence-electron chi connectivity index (χ3n) is 4.77. The second-order valence-corrected chi connectivity index (χ2v) is 6.93. The summed E-state index contributed by atoms with van der Waals surface area (Å²) in [4.78, 5) is 16.0. The van der Waals surface area contributed by atoms with E-state index in [9.17, 15) is 10.1 Å². The zero-order valence-electron chi connectivity index (χ0n) is 16.4. The molecule has 0 aliphatic rings. The van der Waals surface area contributed by atoms with Crippen molar-refractivity contribution < 1.29 is 4.79 Å². The molecule has 0 aliphatic heterocycles. The van der Waals surface area contributed by atoms with E-state index in [0.29, 0.717) is 11.2 Å². The molecule has 0 saturated heterocycles. The Balaban J connectivity index is 1.86. The number of nitrogens with one attached hydrogen (secondary N) is 2. The smallest absolute Gasteiger partial charge is 0.221 e. The first-order valence-corrected chi connectivity index (χ1v) is 9.58. The molecule has 0 fully saturated rings. The number of hydrogen-bond acceptors (Lipinski definition) is 4. The minimum atomic E-state index is -0.103. The summed E-state index contributed by atoms with van der Waals surface area (Å²) in [6.07, 6.45) is 1.74. The molecule has 0 bridgehead atoms. The maximum absolute atomic E-state index is 11.2. The van der Waals surface area contributed by atoms with Crippen molar-refractivity contribution in [3.8, 4) is 6.07 Å². The molecular weight excluding hydrogens is 362 g/mol. The summed E-state index contributed by atoms with van der Waals surface area (Å²) < 4.78 is 1.99. The van der Waals surface area contributed by atoms with E-state index in [2.05, 4.69) is 23.6 Å². The highest BCUT2D eigenvalue weighted by atomic mass is 16.1. The molecule has 0 aliphatic carbocycles. The molecular formula is C23H21N5O. The van der Waals surface area contributed by atoms with Gasteiger partial charge in [-0.15, -0.1) is 0 Å². The lowest BCUT2D eigenvalue weighted by Crippen LogP contribution is -2.06. The number of anilines is 3. The number of imidazole rings is 1. The highest BCUT2D eigenvalue weighted by Gasteiger charge is 2.16. The summed E-state index contributed by atoms with van der Waals surface area (Å²) in [5.41, 5.74) is 5.68. The molecule has 2 aromatic heterocycles. The number of aryl methyl sites for hydroxylation is 1. The van der Waals surface area contributed by atoms with Crippen LogP contribution in [0.3, 0.4) is 0 Å². The number of aromatic nitrogens is 2. The number of fused-ring (bicyclic) bond motifs is 3. The number of pyridine rings is 1. The Hall–Kier alpha value is -3.85. The molecule has 0 spiro atoms. The van der Waals surface area contributed by atoms with Gasteiger partial charge in [-0.2, -0.15) is 5.26 Å². The standard InChI is InChI=1S/C23H21N5O/c1-3-6-16-13-22(26-18-11-9-17(10-12-18)25-15(2)29)28-21-8-5-4-7-20(21)27-23(28)19(16)14-24/h4-5,7-13,26H,3,6H2,1-2H3,(H,25,29). The largest absolute Gasteiger partial charge is 0.341 e. The van der Waals surface area contributed by atoms with E-state index >= 15 is 0 Å². The SMILES string of the molecule is CCCc1cc(Nc2ccc(NC(C)=O)cc2)n2c(nc3ccccc32)c1C#N. The average Bonchev–Trinajstić information content (AvgIpc) is 3.09. The van der Waals surface area contributed by atoms with Crippen molar-refractivity contribution in [3.05, 3.63) is 65.7 Å². The summed E-state index contributed by atoms with van der Waals surface area (Å²) in [6.45, 7) is 3.58. The monoisotopic (exact) mass is 383 g/mol. The van der Waals surface area contributed by atoms with E-state index in [-0.39, 0.29) is 5.91 Å². The third kappa shape index (κ3) is 3.50. The second-order valence-electron chi connectivity index (χ2n) is 6.93. The van der Waals surface area contributed by atoms with Gasteiger partial charge in [-0.1, -0.05) is 25.5 Å². The molecule has 29 heavy (non-hydrogen) atoms. The molecule has 2 aromatic carbocycles. The van der Waals surface area contributed by atoms with Crippen LogP contribution in [0.15, 0.2) is 54.6 Å². The lowest BCUT2D eigenvalue weighted by molar-refractivity contribution is -0.114. The van der Waals surface area contributed by atoms with Crippen molar-refractivity contribution in [2.45, 2.75) is 26.7 Å². The Labute approximate surface area is 168 Å². The molecule has 0 saturated carbocycles. The fourth-order valence-electron chi connectivity index (χ4n) is 3.55. The quantitative estimate of drug-likeness (QED) is 0.507. The van der Waals surface area contributed by atoms with E-state index in [1.807, 2.05) is 59.0 Å². The van der Waals surface area contributed by atoms with Crippen LogP contribution in [0.4, 0.5) is 17.2 Å². The number of nitrogens with zero attached hydrogens (tertiary/aromatic N) is 3. The molecule has 4 rings (SSSR count). The Morgan fingerprint density at radius 1 is 1.14 bits per heavy atom. The number of rotatable bonds is 5. The molecule has 1 amide bonds. The summed E-state index contributed by atoms with van der Waals surface area (Å²) in [7, 11) is 0. The van der Waals surface area contributed by atoms with E-state index in [1.165, 1.54) is 6.92 Å². The zero-order valence-corrected chi connectivity index (χ0v) is 16.4. The van der Waals surface area contributed by atoms with Gasteiger partial charge in [0.1, 0.15) is 11.9 Å². The van der Waals surface area contributed by atoms with E-state index < -0.39 is 0 Å². The first kappa shape index (κ1) is 18.5. The maximum Gasteiger partial charge on any atom is 0.221 e. The fraction of sp³-hybridized carbons (Fsp3) is 0.174. The van der Waals surface area contributed by atoms with Gasteiger partial charge < -0.3 is 10.6 Å². The van der Waals surface area contributed by atoms with Crippen molar-refractivity contribution >= 4 is 39.8 Å². The first-order chi connectivity index (χ1) is 14.1. The summed E-state index contributed by atoms with van der Waals surface area (Å²) in [5, 5.41) is 16.0. The predicted molar refractivity (Wildman–Crippen MR) is 115 cm³/mol. The van der Waals surface area contributed by atoms with Crippen LogP contribution in [0, 0.1) is 11.3 Å². The van der Waals surface area contributed by atoms with Crippen LogP contribution in [-0.4, -0.2) is 15.3 Å². The van der Waals surface area contributed by atoms with Gasteiger partial charge in [-0.25, -0.2) is 4.98 Å². The Bertz CT molecular complexity index is 1250. The summed E-state index contributed by atoms with van der Waals surface area (Å²) in [5.74, 6) is 0.747. The van der Waals surface area contributed by atoms with E-state index in [4.69, 9.17) is 4.98 Å². The van der Waals surface area contributed by atoms with Gasteiger partial charge in [-0.05, 0) is 54.4 Å². The number of hydrogen-bond donors (Lipinski definition) is 2. The number of amides is 1. The van der Waals surface area contributed by atoms with Gasteiger partial charge in [0.05, 0.1) is 16.6 Å². The summed E-state index contributed by atoms with van der Waals surface area (Å²) in [6, 6.07) is 19.8.